The first-order chi connectivity index (χ1) is 17.0. The molecule has 2 aliphatic rings. The summed E-state index contributed by atoms with van der Waals surface area (Å²) < 4.78 is 1.67. The highest BCUT2D eigenvalue weighted by atomic mass is 35.5. The molecule has 8 heteroatoms. The number of fused-ring (bicyclic) bond motifs is 1. The molecule has 0 bridgehead atoms. The molecule has 178 valence electrons. The topological polar surface area (TPSA) is 75.4 Å². The lowest BCUT2D eigenvalue weighted by Gasteiger charge is -2.60. The summed E-state index contributed by atoms with van der Waals surface area (Å²) in [5.74, 6) is 0.929. The van der Waals surface area contributed by atoms with Gasteiger partial charge in [-0.05, 0) is 48.4 Å². The Hall–Kier alpha value is -3.45. The molecule has 0 unspecified atom stereocenters. The Morgan fingerprint density at radius 2 is 1.97 bits per heavy atom. The monoisotopic (exact) mass is 486 g/mol. The van der Waals surface area contributed by atoms with Crippen molar-refractivity contribution in [2.45, 2.75) is 38.6 Å². The first kappa shape index (κ1) is 22.0. The van der Waals surface area contributed by atoms with Gasteiger partial charge in [0, 0.05) is 37.4 Å². The van der Waals surface area contributed by atoms with Crippen molar-refractivity contribution in [3.05, 3.63) is 88.7 Å². The number of nitrogens with one attached hydrogen (secondary N) is 1. The van der Waals surface area contributed by atoms with Crippen LogP contribution in [0.5, 0.6) is 0 Å². The van der Waals surface area contributed by atoms with E-state index >= 15 is 0 Å². The largest absolute Gasteiger partial charge is 0.369 e. The molecule has 1 spiro atoms. The number of aromatic nitrogens is 4. The van der Waals surface area contributed by atoms with E-state index in [1.54, 1.807) is 10.6 Å². The van der Waals surface area contributed by atoms with Crippen LogP contribution in [0.15, 0.2) is 61.2 Å². The molecule has 7 nitrogen and oxygen atoms in total. The van der Waals surface area contributed by atoms with Gasteiger partial charge in [-0.1, -0.05) is 42.8 Å². The van der Waals surface area contributed by atoms with Gasteiger partial charge in [0.15, 0.2) is 0 Å². The number of pyridine rings is 1. The summed E-state index contributed by atoms with van der Waals surface area (Å²) in [4.78, 5) is 28.4. The van der Waals surface area contributed by atoms with Gasteiger partial charge in [-0.15, -0.1) is 0 Å². The van der Waals surface area contributed by atoms with E-state index in [1.165, 1.54) is 30.3 Å². The molecule has 2 fully saturated rings. The van der Waals surface area contributed by atoms with Gasteiger partial charge in [-0.25, -0.2) is 9.97 Å². The van der Waals surface area contributed by atoms with Crippen LogP contribution in [0.1, 0.15) is 53.0 Å². The molecule has 4 heterocycles. The predicted molar refractivity (Wildman–Crippen MR) is 136 cm³/mol. The van der Waals surface area contributed by atoms with Gasteiger partial charge in [0.05, 0.1) is 28.8 Å². The van der Waals surface area contributed by atoms with Gasteiger partial charge in [-0.2, -0.15) is 0 Å². The maximum Gasteiger partial charge on any atom is 0.270 e. The number of nitrogens with zero attached hydrogens (tertiary/aromatic N) is 5. The second-order valence-corrected chi connectivity index (χ2v) is 10.2. The Morgan fingerprint density at radius 1 is 1.17 bits per heavy atom. The summed E-state index contributed by atoms with van der Waals surface area (Å²) in [5.41, 5.74) is 5.36. The number of imidazole rings is 1. The highest BCUT2D eigenvalue weighted by Gasteiger charge is 2.52. The normalized spacial score (nSPS) is 16.8. The number of amides is 1. The van der Waals surface area contributed by atoms with E-state index in [4.69, 9.17) is 11.6 Å². The van der Waals surface area contributed by atoms with Crippen LogP contribution < -0.4 is 10.2 Å². The van der Waals surface area contributed by atoms with Crippen molar-refractivity contribution < 1.29 is 4.79 Å². The first-order valence-electron chi connectivity index (χ1n) is 12.1. The van der Waals surface area contributed by atoms with E-state index in [-0.39, 0.29) is 5.91 Å². The molecule has 0 atom stereocenters. The van der Waals surface area contributed by atoms with Crippen LogP contribution >= 0.6 is 11.6 Å². The van der Waals surface area contributed by atoms with Crippen molar-refractivity contribution in [1.29, 1.82) is 0 Å². The number of benzene rings is 1. The fraction of sp³-hybridized carbons (Fsp3) is 0.333. The second kappa shape index (κ2) is 8.64. The standard InChI is InChI=1S/C27H27ClN6O/c1-2-23-24(34-15-21(28)13-31-26(34)32-23)25(35)30-12-18-5-7-19(8-6-18)20-10-27(11-20)16-33(17-27)22-4-3-9-29-14-22/h3-9,13-15,20H,2,10-12,16-17H2,1H3,(H,30,35). The summed E-state index contributed by atoms with van der Waals surface area (Å²) in [5, 5.41) is 3.50. The van der Waals surface area contributed by atoms with Crippen molar-refractivity contribution in [2.75, 3.05) is 18.0 Å². The molecule has 1 saturated heterocycles. The fourth-order valence-electron chi connectivity index (χ4n) is 5.58. The Bertz CT molecular complexity index is 1370. The minimum absolute atomic E-state index is 0.174. The van der Waals surface area contributed by atoms with Crippen LogP contribution in [0.25, 0.3) is 5.78 Å². The molecule has 0 radical (unpaired) electrons. The Balaban J connectivity index is 1.05. The minimum Gasteiger partial charge on any atom is -0.369 e. The van der Waals surface area contributed by atoms with Crippen molar-refractivity contribution in [3.8, 4) is 0 Å². The number of anilines is 1. The molecule has 3 aromatic heterocycles. The number of carbonyl (C=O) groups excluding carboxylic acids is 1. The first-order valence-corrected chi connectivity index (χ1v) is 12.5. The Morgan fingerprint density at radius 3 is 2.69 bits per heavy atom. The van der Waals surface area contributed by atoms with Gasteiger partial charge >= 0.3 is 0 Å². The van der Waals surface area contributed by atoms with Crippen LogP contribution in [0, 0.1) is 5.41 Å². The van der Waals surface area contributed by atoms with E-state index < -0.39 is 0 Å². The molecule has 1 aliphatic carbocycles. The average molecular weight is 487 g/mol. The number of rotatable bonds is 6. The Labute approximate surface area is 209 Å². The SMILES string of the molecule is CCc1nc2ncc(Cl)cn2c1C(=O)NCc1ccc(C2CC3(C2)CN(c2cccnc2)C3)cc1. The quantitative estimate of drug-likeness (QED) is 0.429. The number of hydrogen-bond acceptors (Lipinski definition) is 5. The molecule has 1 aromatic carbocycles. The molecule has 4 aromatic rings. The zero-order valence-corrected chi connectivity index (χ0v) is 20.4. The summed E-state index contributed by atoms with van der Waals surface area (Å²) in [6.07, 6.45) is 10.1. The average Bonchev–Trinajstić information content (AvgIpc) is 3.20. The molecule has 35 heavy (non-hydrogen) atoms. The summed E-state index contributed by atoms with van der Waals surface area (Å²) in [7, 11) is 0. The van der Waals surface area contributed by atoms with Gasteiger partial charge in [0.2, 0.25) is 5.78 Å². The van der Waals surface area contributed by atoms with E-state index in [1.807, 2.05) is 25.4 Å². The lowest BCUT2D eigenvalue weighted by molar-refractivity contribution is 0.0633. The van der Waals surface area contributed by atoms with Crippen LogP contribution in [0.2, 0.25) is 5.02 Å². The lowest BCUT2D eigenvalue weighted by Crippen LogP contribution is -2.61. The highest BCUT2D eigenvalue weighted by molar-refractivity contribution is 6.30. The molecule has 1 amide bonds. The van der Waals surface area contributed by atoms with Gasteiger partial charge in [-0.3, -0.25) is 14.2 Å². The fourth-order valence-corrected chi connectivity index (χ4v) is 5.73. The highest BCUT2D eigenvalue weighted by Crippen LogP contribution is 2.56. The smallest absolute Gasteiger partial charge is 0.270 e. The summed E-state index contributed by atoms with van der Waals surface area (Å²) >= 11 is 6.10. The minimum atomic E-state index is -0.174. The van der Waals surface area contributed by atoms with Crippen LogP contribution in [-0.2, 0) is 13.0 Å². The molecular weight excluding hydrogens is 460 g/mol. The summed E-state index contributed by atoms with van der Waals surface area (Å²) in [6.45, 7) is 4.69. The molecule has 6 rings (SSSR count). The summed E-state index contributed by atoms with van der Waals surface area (Å²) in [6, 6.07) is 12.8. The number of hydrogen-bond donors (Lipinski definition) is 1. The molecule has 1 aliphatic heterocycles. The van der Waals surface area contributed by atoms with Crippen LogP contribution in [0.3, 0.4) is 0 Å². The zero-order valence-electron chi connectivity index (χ0n) is 19.6. The third-order valence-corrected chi connectivity index (χ3v) is 7.59. The Kier molecular flexibility index (Phi) is 5.44. The molecular formula is C27H27ClN6O. The van der Waals surface area contributed by atoms with E-state index in [0.717, 1.165) is 18.7 Å². The maximum atomic E-state index is 13.0. The number of aryl methyl sites for hydroxylation is 1. The molecule has 1 saturated carbocycles. The molecule has 1 N–H and O–H groups in total. The third-order valence-electron chi connectivity index (χ3n) is 7.40. The maximum absolute atomic E-state index is 13.0. The van der Waals surface area contributed by atoms with Crippen LogP contribution in [0.4, 0.5) is 5.69 Å². The van der Waals surface area contributed by atoms with Crippen LogP contribution in [-0.4, -0.2) is 38.3 Å². The van der Waals surface area contributed by atoms with E-state index in [0.29, 0.717) is 46.5 Å². The zero-order chi connectivity index (χ0) is 24.0. The number of carbonyl (C=O) groups is 1. The van der Waals surface area contributed by atoms with Crippen molar-refractivity contribution in [1.82, 2.24) is 24.7 Å². The van der Waals surface area contributed by atoms with Gasteiger partial charge in [0.25, 0.3) is 5.91 Å². The predicted octanol–water partition coefficient (Wildman–Crippen LogP) is 4.65. The van der Waals surface area contributed by atoms with E-state index in [2.05, 4.69) is 55.5 Å². The lowest BCUT2D eigenvalue weighted by atomic mass is 9.56. The third kappa shape index (κ3) is 4.04. The van der Waals surface area contributed by atoms with E-state index in [9.17, 15) is 4.79 Å². The second-order valence-electron chi connectivity index (χ2n) is 9.80. The van der Waals surface area contributed by atoms with Gasteiger partial charge < -0.3 is 10.2 Å². The van der Waals surface area contributed by atoms with Crippen molar-refractivity contribution in [2.24, 2.45) is 5.41 Å². The van der Waals surface area contributed by atoms with Gasteiger partial charge in [0.1, 0.15) is 5.69 Å². The van der Waals surface area contributed by atoms with Crippen molar-refractivity contribution in [3.63, 3.8) is 0 Å². The number of halogens is 1. The van der Waals surface area contributed by atoms with Crippen molar-refractivity contribution >= 4 is 29.0 Å².